The third-order valence-electron chi connectivity index (χ3n) is 7.87. The summed E-state index contributed by atoms with van der Waals surface area (Å²) in [7, 11) is 0.915. The van der Waals surface area contributed by atoms with Crippen LogP contribution in [0.2, 0.25) is 0 Å². The molecule has 0 spiro atoms. The van der Waals surface area contributed by atoms with Crippen LogP contribution in [-0.2, 0) is 38.1 Å². The van der Waals surface area contributed by atoms with E-state index in [-0.39, 0.29) is 28.1 Å². The van der Waals surface area contributed by atoms with Gasteiger partial charge in [-0.25, -0.2) is 4.39 Å². The van der Waals surface area contributed by atoms with Gasteiger partial charge < -0.3 is 51.1 Å². The average Bonchev–Trinajstić information content (AvgIpc) is 2.93. The van der Waals surface area contributed by atoms with E-state index >= 15 is 4.39 Å². The second-order valence-corrected chi connectivity index (χ2v) is 13.0. The number of ether oxygens (including phenoxy) is 1. The number of hydrogen-bond acceptors (Lipinski definition) is 13. The Morgan fingerprint density at radius 2 is 1.62 bits per heavy atom. The summed E-state index contributed by atoms with van der Waals surface area (Å²) in [6.45, 7) is 9.88. The van der Waals surface area contributed by atoms with Crippen molar-refractivity contribution in [3.05, 3.63) is 64.5 Å². The Labute approximate surface area is 270 Å². The average molecular weight is 667 g/mol. The minimum atomic E-state index is -4.39. The predicted octanol–water partition coefficient (Wildman–Crippen LogP) is -1.32. The molecule has 1 unspecified atom stereocenters. The largest absolute Gasteiger partial charge is 0.367 e. The van der Waals surface area contributed by atoms with E-state index in [0.29, 0.717) is 25.2 Å². The highest BCUT2D eigenvalue weighted by atomic mass is 19.1. The molecule has 9 N–H and O–H groups in total. The Morgan fingerprint density at radius 3 is 2.13 bits per heavy atom. The SMILES string of the molecule is CNC(=O)C(O)(N(C=O)Cc1c(C)cccc1NC(O)(O)c1ccc(CN2CC(C)(C)OC(C)(C)C2)cc1F)C(O)(O)C(O)(O)C=O. The van der Waals surface area contributed by atoms with Gasteiger partial charge in [-0.15, -0.1) is 0 Å². The normalized spacial score (nSPS) is 18.2. The minimum absolute atomic E-state index is 0.0457. The lowest BCUT2D eigenvalue weighted by Gasteiger charge is -2.47. The van der Waals surface area contributed by atoms with Gasteiger partial charge in [-0.1, -0.05) is 18.2 Å². The molecule has 16 heteroatoms. The van der Waals surface area contributed by atoms with Gasteiger partial charge in [-0.3, -0.25) is 24.2 Å². The lowest BCUT2D eigenvalue weighted by molar-refractivity contribution is -0.399. The van der Waals surface area contributed by atoms with Crippen molar-refractivity contribution in [2.75, 3.05) is 25.5 Å². The number of aliphatic hydroxyl groups is 7. The van der Waals surface area contributed by atoms with Crippen molar-refractivity contribution in [3.63, 3.8) is 0 Å². The Balaban J connectivity index is 1.96. The van der Waals surface area contributed by atoms with Gasteiger partial charge in [-0.2, -0.15) is 0 Å². The van der Waals surface area contributed by atoms with Crippen molar-refractivity contribution in [1.29, 1.82) is 0 Å². The van der Waals surface area contributed by atoms with E-state index in [4.69, 9.17) is 4.74 Å². The number of carbonyl (C=O) groups is 3. The standard InChI is InChI=1S/C31H43FN4O11/c1-19-8-7-9-24(21(19)14-36(18-38)29(42,25(39)33-6)31(45,46)28(40,41)17-37)34-30(43,44)22-11-10-20(12-23(22)32)13-35-15-26(2,3)47-27(4,5)16-35/h7-12,17-18,34,40-46H,13-16H2,1-6H3,(H,33,39). The Kier molecular flexibility index (Phi) is 10.6. The van der Waals surface area contributed by atoms with Crippen LogP contribution in [0.3, 0.4) is 0 Å². The van der Waals surface area contributed by atoms with Crippen molar-refractivity contribution >= 4 is 24.3 Å². The van der Waals surface area contributed by atoms with Gasteiger partial charge in [0.15, 0.2) is 6.29 Å². The number of halogens is 1. The molecule has 0 saturated carbocycles. The van der Waals surface area contributed by atoms with E-state index in [1.165, 1.54) is 37.3 Å². The fourth-order valence-electron chi connectivity index (χ4n) is 5.94. The number of rotatable bonds is 13. The second-order valence-electron chi connectivity index (χ2n) is 13.0. The summed E-state index contributed by atoms with van der Waals surface area (Å²) in [5.74, 6) is -14.3. The topological polar surface area (TPSA) is 233 Å². The number of amides is 2. The zero-order valence-corrected chi connectivity index (χ0v) is 27.0. The number of anilines is 1. The van der Waals surface area contributed by atoms with Crippen molar-refractivity contribution in [2.24, 2.45) is 0 Å². The van der Waals surface area contributed by atoms with Crippen molar-refractivity contribution in [3.8, 4) is 0 Å². The minimum Gasteiger partial charge on any atom is -0.367 e. The van der Waals surface area contributed by atoms with Gasteiger partial charge in [-0.05, 0) is 69.5 Å². The van der Waals surface area contributed by atoms with E-state index < -0.39 is 64.5 Å². The fraction of sp³-hybridized carbons (Fsp3) is 0.516. The number of aldehydes is 1. The molecule has 2 aromatic rings. The first kappa shape index (κ1) is 37.9. The molecular formula is C31H43FN4O11. The van der Waals surface area contributed by atoms with Crippen molar-refractivity contribution in [2.45, 2.75) is 82.1 Å². The summed E-state index contributed by atoms with van der Waals surface area (Å²) in [4.78, 5) is 38.3. The molecule has 1 aliphatic heterocycles. The molecule has 0 aliphatic carbocycles. The van der Waals surface area contributed by atoms with Crippen LogP contribution in [-0.4, -0.2) is 113 Å². The maximum atomic E-state index is 15.4. The summed E-state index contributed by atoms with van der Waals surface area (Å²) in [5, 5.41) is 78.2. The predicted molar refractivity (Wildman–Crippen MR) is 163 cm³/mol. The van der Waals surface area contributed by atoms with E-state index in [9.17, 15) is 50.1 Å². The molecule has 2 amide bonds. The van der Waals surface area contributed by atoms with Gasteiger partial charge in [0, 0.05) is 32.4 Å². The first-order valence-corrected chi connectivity index (χ1v) is 14.5. The molecule has 1 fully saturated rings. The summed E-state index contributed by atoms with van der Waals surface area (Å²) in [6.07, 6.45) is -1.02. The van der Waals surface area contributed by atoms with Gasteiger partial charge in [0.05, 0.1) is 23.3 Å². The van der Waals surface area contributed by atoms with Crippen LogP contribution in [0.15, 0.2) is 36.4 Å². The monoisotopic (exact) mass is 666 g/mol. The van der Waals surface area contributed by atoms with Gasteiger partial charge in [0.1, 0.15) is 5.82 Å². The van der Waals surface area contributed by atoms with Crippen LogP contribution in [0.5, 0.6) is 0 Å². The summed E-state index contributed by atoms with van der Waals surface area (Å²) >= 11 is 0. The van der Waals surface area contributed by atoms with Crippen molar-refractivity contribution < 1.29 is 59.3 Å². The van der Waals surface area contributed by atoms with Gasteiger partial charge in [0.25, 0.3) is 29.1 Å². The van der Waals surface area contributed by atoms with E-state index in [1.54, 1.807) is 0 Å². The maximum absolute atomic E-state index is 15.4. The molecule has 2 aromatic carbocycles. The van der Waals surface area contributed by atoms with Crippen molar-refractivity contribution in [1.82, 2.24) is 15.1 Å². The number of morpholine rings is 1. The third-order valence-corrected chi connectivity index (χ3v) is 7.87. The summed E-state index contributed by atoms with van der Waals surface area (Å²) in [6, 6.07) is 8.06. The Morgan fingerprint density at radius 1 is 1.02 bits per heavy atom. The number of hydrogen-bond donors (Lipinski definition) is 9. The first-order valence-electron chi connectivity index (χ1n) is 14.5. The zero-order chi connectivity index (χ0) is 35.8. The molecule has 1 aliphatic rings. The highest BCUT2D eigenvalue weighted by molar-refractivity contribution is 5.88. The molecular weight excluding hydrogens is 623 g/mol. The van der Waals surface area contributed by atoms with Crippen LogP contribution in [0.1, 0.15) is 49.9 Å². The molecule has 0 radical (unpaired) electrons. The van der Waals surface area contributed by atoms with Crippen LogP contribution < -0.4 is 10.6 Å². The van der Waals surface area contributed by atoms with Gasteiger partial charge >= 0.3 is 0 Å². The number of carbonyl (C=O) groups excluding carboxylic acids is 3. The quantitative estimate of drug-likeness (QED) is 0.0894. The molecule has 260 valence electrons. The zero-order valence-electron chi connectivity index (χ0n) is 27.0. The molecule has 15 nitrogen and oxygen atoms in total. The summed E-state index contributed by atoms with van der Waals surface area (Å²) in [5.41, 5.74) is -4.80. The van der Waals surface area contributed by atoms with E-state index in [1.807, 2.05) is 33.0 Å². The molecule has 3 rings (SSSR count). The van der Waals surface area contributed by atoms with E-state index in [2.05, 4.69) is 10.2 Å². The molecule has 1 heterocycles. The number of nitrogens with one attached hydrogen (secondary N) is 2. The lowest BCUT2D eigenvalue weighted by Crippen LogP contribution is -2.78. The van der Waals surface area contributed by atoms with Gasteiger partial charge in [0.2, 0.25) is 6.41 Å². The molecule has 1 atom stereocenters. The maximum Gasteiger partial charge on any atom is 0.285 e. The second kappa shape index (κ2) is 13.1. The molecule has 1 saturated heterocycles. The van der Waals surface area contributed by atoms with E-state index in [0.717, 1.165) is 13.1 Å². The Bertz CT molecular complexity index is 1480. The smallest absolute Gasteiger partial charge is 0.285 e. The highest BCUT2D eigenvalue weighted by Gasteiger charge is 2.68. The fourth-order valence-corrected chi connectivity index (χ4v) is 5.94. The van der Waals surface area contributed by atoms with Crippen LogP contribution >= 0.6 is 0 Å². The van der Waals surface area contributed by atoms with Crippen LogP contribution in [0.25, 0.3) is 0 Å². The molecule has 47 heavy (non-hydrogen) atoms. The Hall–Kier alpha value is -3.58. The third kappa shape index (κ3) is 7.61. The van der Waals surface area contributed by atoms with Crippen LogP contribution in [0, 0.1) is 12.7 Å². The molecule has 0 bridgehead atoms. The number of nitrogens with zero attached hydrogens (tertiary/aromatic N) is 2. The highest BCUT2D eigenvalue weighted by Crippen LogP contribution is 2.36. The number of benzene rings is 2. The number of aryl methyl sites for hydroxylation is 1. The lowest BCUT2D eigenvalue weighted by atomic mass is 9.91. The first-order chi connectivity index (χ1) is 21.5. The summed E-state index contributed by atoms with van der Waals surface area (Å²) < 4.78 is 21.5. The molecule has 0 aromatic heterocycles. The van der Waals surface area contributed by atoms with Crippen LogP contribution in [0.4, 0.5) is 10.1 Å². The number of likely N-dealkylation sites (N-methyl/N-ethyl adjacent to an activating group) is 1.